The molecule has 1 aliphatic rings. The average Bonchev–Trinajstić information content (AvgIpc) is 3.14. The van der Waals surface area contributed by atoms with Crippen LogP contribution in [-0.4, -0.2) is 59.6 Å². The molecule has 2 heterocycles. The number of aromatic nitrogens is 2. The van der Waals surface area contributed by atoms with Crippen LogP contribution in [0.5, 0.6) is 0 Å². The lowest BCUT2D eigenvalue weighted by atomic mass is 10.2. The van der Waals surface area contributed by atoms with Gasteiger partial charge in [-0.05, 0) is 13.3 Å². The molecule has 1 aromatic heterocycles. The van der Waals surface area contributed by atoms with Crippen LogP contribution in [0, 0.1) is 12.8 Å². The maximum absolute atomic E-state index is 12.0. The quantitative estimate of drug-likeness (QED) is 0.394. The standard InChI is InChI=1S/C15H26N6O2.HI/c1-10(2)14(22)21-8-6-12(9-21)19-15(16-4)17-7-5-13-18-11(3)20-23-13;/h10,12H,5-9H2,1-4H3,(H2,16,17,19);1H. The predicted molar refractivity (Wildman–Crippen MR) is 102 cm³/mol. The molecule has 1 aromatic rings. The molecule has 9 heteroatoms. The number of aliphatic imine (C=N–C) groups is 1. The Hall–Kier alpha value is -1.39. The van der Waals surface area contributed by atoms with Gasteiger partial charge in [0.1, 0.15) is 0 Å². The molecular formula is C15H27IN6O2. The van der Waals surface area contributed by atoms with Crippen molar-refractivity contribution >= 4 is 35.8 Å². The summed E-state index contributed by atoms with van der Waals surface area (Å²) in [4.78, 5) is 22.3. The number of halogens is 1. The van der Waals surface area contributed by atoms with E-state index in [1.165, 1.54) is 0 Å². The molecule has 1 aliphatic heterocycles. The summed E-state index contributed by atoms with van der Waals surface area (Å²) in [7, 11) is 1.73. The monoisotopic (exact) mass is 450 g/mol. The van der Waals surface area contributed by atoms with Crippen molar-refractivity contribution in [3.05, 3.63) is 11.7 Å². The number of amides is 1. The molecule has 1 fully saturated rings. The van der Waals surface area contributed by atoms with E-state index in [1.54, 1.807) is 14.0 Å². The van der Waals surface area contributed by atoms with Crippen LogP contribution in [0.25, 0.3) is 0 Å². The molecule has 2 N–H and O–H groups in total. The normalized spacial score (nSPS) is 17.8. The number of nitrogens with one attached hydrogen (secondary N) is 2. The largest absolute Gasteiger partial charge is 0.356 e. The number of carbonyl (C=O) groups excluding carboxylic acids is 1. The molecule has 0 saturated carbocycles. The fourth-order valence-electron chi connectivity index (χ4n) is 2.56. The Morgan fingerprint density at radius 2 is 2.25 bits per heavy atom. The van der Waals surface area contributed by atoms with Crippen molar-refractivity contribution < 1.29 is 9.32 Å². The van der Waals surface area contributed by atoms with Crippen molar-refractivity contribution in [2.75, 3.05) is 26.7 Å². The van der Waals surface area contributed by atoms with Crippen molar-refractivity contribution in [2.24, 2.45) is 10.9 Å². The maximum atomic E-state index is 12.0. The summed E-state index contributed by atoms with van der Waals surface area (Å²) in [5.41, 5.74) is 0. The molecule has 2 rings (SSSR count). The highest BCUT2D eigenvalue weighted by Gasteiger charge is 2.27. The van der Waals surface area contributed by atoms with Gasteiger partial charge in [0, 0.05) is 45.1 Å². The zero-order chi connectivity index (χ0) is 16.8. The third-order valence-electron chi connectivity index (χ3n) is 3.76. The lowest BCUT2D eigenvalue weighted by Crippen LogP contribution is -2.45. The Balaban J connectivity index is 0.00000288. The Morgan fingerprint density at radius 3 is 2.83 bits per heavy atom. The summed E-state index contributed by atoms with van der Waals surface area (Å²) >= 11 is 0. The van der Waals surface area contributed by atoms with Crippen molar-refractivity contribution in [3.63, 3.8) is 0 Å². The van der Waals surface area contributed by atoms with E-state index in [0.717, 1.165) is 25.5 Å². The van der Waals surface area contributed by atoms with Gasteiger partial charge in [-0.1, -0.05) is 19.0 Å². The Labute approximate surface area is 159 Å². The highest BCUT2D eigenvalue weighted by Crippen LogP contribution is 2.12. The van der Waals surface area contributed by atoms with Gasteiger partial charge in [0.25, 0.3) is 0 Å². The zero-order valence-corrected chi connectivity index (χ0v) is 17.0. The third kappa shape index (κ3) is 5.91. The van der Waals surface area contributed by atoms with E-state index < -0.39 is 0 Å². The van der Waals surface area contributed by atoms with E-state index in [-0.39, 0.29) is 41.8 Å². The SMILES string of the molecule is CN=C(NCCc1nc(C)no1)NC1CCN(C(=O)C(C)C)C1.I. The summed E-state index contributed by atoms with van der Waals surface area (Å²) in [5.74, 6) is 2.24. The number of guanidine groups is 1. The molecule has 1 amide bonds. The van der Waals surface area contributed by atoms with Gasteiger partial charge in [0.2, 0.25) is 11.8 Å². The smallest absolute Gasteiger partial charge is 0.228 e. The molecule has 0 radical (unpaired) electrons. The summed E-state index contributed by atoms with van der Waals surface area (Å²) in [6, 6.07) is 0.231. The molecule has 0 aromatic carbocycles. The minimum Gasteiger partial charge on any atom is -0.356 e. The Kier molecular flexibility index (Phi) is 8.43. The average molecular weight is 450 g/mol. The summed E-state index contributed by atoms with van der Waals surface area (Å²) in [6.45, 7) is 7.84. The number of likely N-dealkylation sites (tertiary alicyclic amines) is 1. The van der Waals surface area contributed by atoms with Gasteiger partial charge in [-0.25, -0.2) is 0 Å². The van der Waals surface area contributed by atoms with Gasteiger partial charge >= 0.3 is 0 Å². The number of rotatable bonds is 5. The maximum Gasteiger partial charge on any atom is 0.228 e. The van der Waals surface area contributed by atoms with Gasteiger partial charge in [-0.2, -0.15) is 4.98 Å². The molecule has 1 unspecified atom stereocenters. The Morgan fingerprint density at radius 1 is 1.50 bits per heavy atom. The van der Waals surface area contributed by atoms with Crippen LogP contribution < -0.4 is 10.6 Å². The second kappa shape index (κ2) is 9.80. The minimum absolute atomic E-state index is 0. The van der Waals surface area contributed by atoms with Gasteiger partial charge in [-0.15, -0.1) is 24.0 Å². The van der Waals surface area contributed by atoms with Crippen molar-refractivity contribution in [3.8, 4) is 0 Å². The first-order valence-corrected chi connectivity index (χ1v) is 8.04. The number of carbonyl (C=O) groups is 1. The van der Waals surface area contributed by atoms with Crippen LogP contribution in [0.1, 0.15) is 32.0 Å². The highest BCUT2D eigenvalue weighted by atomic mass is 127. The van der Waals surface area contributed by atoms with Crippen molar-refractivity contribution in [1.82, 2.24) is 25.7 Å². The highest BCUT2D eigenvalue weighted by molar-refractivity contribution is 14.0. The molecular weight excluding hydrogens is 423 g/mol. The lowest BCUT2D eigenvalue weighted by molar-refractivity contribution is -0.133. The molecule has 24 heavy (non-hydrogen) atoms. The first-order valence-electron chi connectivity index (χ1n) is 8.04. The van der Waals surface area contributed by atoms with Gasteiger partial charge in [-0.3, -0.25) is 9.79 Å². The minimum atomic E-state index is 0. The van der Waals surface area contributed by atoms with Crippen LogP contribution in [0.2, 0.25) is 0 Å². The number of hydrogen-bond acceptors (Lipinski definition) is 5. The van der Waals surface area contributed by atoms with Crippen LogP contribution in [-0.2, 0) is 11.2 Å². The van der Waals surface area contributed by atoms with E-state index in [9.17, 15) is 4.79 Å². The van der Waals surface area contributed by atoms with Crippen LogP contribution >= 0.6 is 24.0 Å². The van der Waals surface area contributed by atoms with Crippen LogP contribution in [0.4, 0.5) is 0 Å². The molecule has 0 aliphatic carbocycles. The molecule has 1 atom stereocenters. The van der Waals surface area contributed by atoms with Gasteiger partial charge in [0.05, 0.1) is 0 Å². The molecule has 0 bridgehead atoms. The van der Waals surface area contributed by atoms with Crippen LogP contribution in [0.15, 0.2) is 9.52 Å². The van der Waals surface area contributed by atoms with Gasteiger partial charge in [0.15, 0.2) is 11.8 Å². The van der Waals surface area contributed by atoms with Gasteiger partial charge < -0.3 is 20.1 Å². The first kappa shape index (κ1) is 20.7. The molecule has 1 saturated heterocycles. The second-order valence-electron chi connectivity index (χ2n) is 6.05. The van der Waals surface area contributed by atoms with Crippen LogP contribution in [0.3, 0.4) is 0 Å². The lowest BCUT2D eigenvalue weighted by Gasteiger charge is -2.20. The molecule has 8 nitrogen and oxygen atoms in total. The third-order valence-corrected chi connectivity index (χ3v) is 3.76. The second-order valence-corrected chi connectivity index (χ2v) is 6.05. The van der Waals surface area contributed by atoms with E-state index in [2.05, 4.69) is 25.8 Å². The topological polar surface area (TPSA) is 95.7 Å². The first-order chi connectivity index (χ1) is 11.0. The van der Waals surface area contributed by atoms with E-state index >= 15 is 0 Å². The van der Waals surface area contributed by atoms with Crippen molar-refractivity contribution in [1.29, 1.82) is 0 Å². The predicted octanol–water partition coefficient (Wildman–Crippen LogP) is 0.960. The fraction of sp³-hybridized carbons (Fsp3) is 0.733. The number of nitrogens with zero attached hydrogens (tertiary/aromatic N) is 4. The Bertz CT molecular complexity index is 560. The molecule has 136 valence electrons. The van der Waals surface area contributed by atoms with E-state index in [1.807, 2.05) is 18.7 Å². The number of hydrogen-bond donors (Lipinski definition) is 2. The summed E-state index contributed by atoms with van der Waals surface area (Å²) in [6.07, 6.45) is 1.58. The van der Waals surface area contributed by atoms with E-state index in [4.69, 9.17) is 4.52 Å². The zero-order valence-electron chi connectivity index (χ0n) is 14.7. The molecule has 0 spiro atoms. The summed E-state index contributed by atoms with van der Waals surface area (Å²) < 4.78 is 5.07. The fourth-order valence-corrected chi connectivity index (χ4v) is 2.56. The summed E-state index contributed by atoms with van der Waals surface area (Å²) in [5, 5.41) is 10.3. The number of aryl methyl sites for hydroxylation is 1. The van der Waals surface area contributed by atoms with E-state index in [0.29, 0.717) is 24.7 Å². The van der Waals surface area contributed by atoms with Crippen molar-refractivity contribution in [2.45, 2.75) is 39.7 Å².